The fraction of sp³-hybridized carbons (Fsp3) is 0.241. The first-order valence-corrected chi connectivity index (χ1v) is 12.6. The van der Waals surface area contributed by atoms with Gasteiger partial charge in [-0.2, -0.15) is 0 Å². The smallest absolute Gasteiger partial charge is 0.343 e. The van der Waals surface area contributed by atoms with E-state index in [0.717, 1.165) is 33.4 Å². The van der Waals surface area contributed by atoms with Gasteiger partial charge in [-0.05, 0) is 48.7 Å². The molecule has 0 fully saturated rings. The van der Waals surface area contributed by atoms with E-state index in [1.807, 2.05) is 18.2 Å². The first kappa shape index (κ1) is 22.8. The maximum Gasteiger partial charge on any atom is 0.343 e. The number of carbonyl (C=O) groups is 1. The molecular formula is C29H23FN4O4. The van der Waals surface area contributed by atoms with E-state index in [4.69, 9.17) is 9.72 Å². The van der Waals surface area contributed by atoms with E-state index in [-0.39, 0.29) is 24.4 Å². The fourth-order valence-electron chi connectivity index (χ4n) is 5.77. The van der Waals surface area contributed by atoms with Gasteiger partial charge in [-0.25, -0.2) is 19.2 Å². The number of fused-ring (bicyclic) bond motifs is 5. The molecule has 38 heavy (non-hydrogen) atoms. The Hall–Kier alpha value is -4.37. The molecule has 8 nitrogen and oxygen atoms in total. The second-order valence-corrected chi connectivity index (χ2v) is 9.88. The number of aliphatic imine (C=N–C) groups is 1. The van der Waals surface area contributed by atoms with Gasteiger partial charge >= 0.3 is 5.97 Å². The van der Waals surface area contributed by atoms with Gasteiger partial charge in [0.2, 0.25) is 0 Å². The Morgan fingerprint density at radius 2 is 1.95 bits per heavy atom. The lowest BCUT2D eigenvalue weighted by Gasteiger charge is -2.31. The van der Waals surface area contributed by atoms with Gasteiger partial charge < -0.3 is 19.3 Å². The van der Waals surface area contributed by atoms with Crippen molar-refractivity contribution in [3.8, 4) is 11.4 Å². The molecule has 0 saturated heterocycles. The van der Waals surface area contributed by atoms with E-state index in [0.29, 0.717) is 42.0 Å². The molecule has 3 aliphatic rings. The van der Waals surface area contributed by atoms with Crippen molar-refractivity contribution in [2.75, 3.05) is 11.4 Å². The van der Waals surface area contributed by atoms with Crippen LogP contribution in [-0.4, -0.2) is 33.5 Å². The molecule has 2 aromatic heterocycles. The lowest BCUT2D eigenvalue weighted by molar-refractivity contribution is -0.172. The number of ether oxygens (including phenoxy) is 1. The van der Waals surface area contributed by atoms with Gasteiger partial charge in [0.05, 0.1) is 52.1 Å². The average Bonchev–Trinajstić information content (AvgIpc) is 3.30. The first-order valence-electron chi connectivity index (χ1n) is 12.6. The van der Waals surface area contributed by atoms with Gasteiger partial charge in [-0.15, -0.1) is 0 Å². The maximum atomic E-state index is 13.6. The predicted molar refractivity (Wildman–Crippen MR) is 140 cm³/mol. The number of anilines is 1. The minimum atomic E-state index is -1.88. The van der Waals surface area contributed by atoms with Gasteiger partial charge in [0.1, 0.15) is 12.4 Å². The number of rotatable bonds is 4. The summed E-state index contributed by atoms with van der Waals surface area (Å²) in [6, 6.07) is 13.9. The van der Waals surface area contributed by atoms with Crippen molar-refractivity contribution in [3.63, 3.8) is 0 Å². The third-order valence-corrected chi connectivity index (χ3v) is 7.84. The van der Waals surface area contributed by atoms with Crippen molar-refractivity contribution in [1.29, 1.82) is 0 Å². The molecule has 0 aliphatic carbocycles. The fourth-order valence-corrected chi connectivity index (χ4v) is 5.77. The van der Waals surface area contributed by atoms with E-state index in [1.54, 1.807) is 36.0 Å². The van der Waals surface area contributed by atoms with Crippen molar-refractivity contribution >= 4 is 34.6 Å². The summed E-state index contributed by atoms with van der Waals surface area (Å²) >= 11 is 0. The highest BCUT2D eigenvalue weighted by molar-refractivity contribution is 6.11. The third-order valence-electron chi connectivity index (χ3n) is 7.84. The summed E-state index contributed by atoms with van der Waals surface area (Å²) in [6.07, 6.45) is 2.54. The van der Waals surface area contributed by atoms with Crippen LogP contribution in [0, 0.1) is 5.82 Å². The number of esters is 1. The average molecular weight is 511 g/mol. The van der Waals surface area contributed by atoms with Crippen LogP contribution >= 0.6 is 0 Å². The van der Waals surface area contributed by atoms with Crippen molar-refractivity contribution in [2.24, 2.45) is 4.99 Å². The molecule has 0 radical (unpaired) electrons. The summed E-state index contributed by atoms with van der Waals surface area (Å²) in [6.45, 7) is 2.40. The van der Waals surface area contributed by atoms with Crippen molar-refractivity contribution < 1.29 is 19.0 Å². The number of hydrogen-bond acceptors (Lipinski definition) is 7. The molecule has 0 saturated carbocycles. The number of halogens is 1. The van der Waals surface area contributed by atoms with Crippen LogP contribution in [0.1, 0.15) is 35.6 Å². The lowest BCUT2D eigenvalue weighted by atomic mass is 9.86. The monoisotopic (exact) mass is 510 g/mol. The summed E-state index contributed by atoms with van der Waals surface area (Å²) in [5, 5.41) is 12.1. The number of aromatic nitrogens is 2. The van der Waals surface area contributed by atoms with E-state index >= 15 is 0 Å². The maximum absolute atomic E-state index is 13.6. The van der Waals surface area contributed by atoms with Crippen molar-refractivity contribution in [2.45, 2.75) is 38.5 Å². The van der Waals surface area contributed by atoms with Gasteiger partial charge in [-0.3, -0.25) is 4.79 Å². The predicted octanol–water partition coefficient (Wildman–Crippen LogP) is 3.94. The van der Waals surface area contributed by atoms with Gasteiger partial charge in [-0.1, -0.05) is 25.1 Å². The number of pyridine rings is 2. The standard InChI is InChI=1S/C29H23FN4O4/c1-2-29(37)20-12-23-25-18(13-34(23)27(35)19(20)14-38-28(29)36)26-24-21(4-3-5-22(24)32-25)31-15-33(26)11-10-16-6-8-17(30)9-7-16/h3-9,12,15,37H,2,10-11,13-14H2,1H3/t29-/m0/s1. The molecule has 7 rings (SSSR count). The van der Waals surface area contributed by atoms with E-state index < -0.39 is 11.6 Å². The molecular weight excluding hydrogens is 487 g/mol. The van der Waals surface area contributed by atoms with Crippen molar-refractivity contribution in [3.05, 3.63) is 87.0 Å². The Bertz CT molecular complexity index is 1760. The summed E-state index contributed by atoms with van der Waals surface area (Å²) < 4.78 is 20.2. The second kappa shape index (κ2) is 8.06. The second-order valence-electron chi connectivity index (χ2n) is 9.88. The Balaban J connectivity index is 1.40. The number of carbonyl (C=O) groups excluding carboxylic acids is 1. The highest BCUT2D eigenvalue weighted by atomic mass is 19.1. The third kappa shape index (κ3) is 3.11. The number of hydrogen-bond donors (Lipinski definition) is 1. The van der Waals surface area contributed by atoms with Crippen LogP contribution in [0.4, 0.5) is 15.8 Å². The minimum absolute atomic E-state index is 0.0853. The molecule has 1 N–H and O–H groups in total. The zero-order chi connectivity index (χ0) is 26.2. The Kier molecular flexibility index (Phi) is 4.84. The molecule has 0 amide bonds. The molecule has 0 bridgehead atoms. The molecule has 0 spiro atoms. The molecule has 190 valence electrons. The molecule has 3 aliphatic heterocycles. The van der Waals surface area contributed by atoms with Crippen LogP contribution in [0.3, 0.4) is 0 Å². The van der Waals surface area contributed by atoms with Crippen LogP contribution in [0.5, 0.6) is 0 Å². The summed E-state index contributed by atoms with van der Waals surface area (Å²) in [7, 11) is 0. The summed E-state index contributed by atoms with van der Waals surface area (Å²) in [5.41, 5.74) is 3.95. The number of cyclic esters (lactones) is 1. The molecule has 2 aromatic carbocycles. The number of aliphatic hydroxyl groups is 1. The van der Waals surface area contributed by atoms with Gasteiger partial charge in [0.15, 0.2) is 5.60 Å². The van der Waals surface area contributed by atoms with Crippen LogP contribution in [-0.2, 0) is 34.7 Å². The Morgan fingerprint density at radius 1 is 1.13 bits per heavy atom. The van der Waals surface area contributed by atoms with Crippen LogP contribution in [0.25, 0.3) is 22.3 Å². The van der Waals surface area contributed by atoms with Gasteiger partial charge in [0.25, 0.3) is 5.56 Å². The van der Waals surface area contributed by atoms with E-state index in [2.05, 4.69) is 9.89 Å². The SMILES string of the molecule is CC[C@@]1(O)C(=O)OCc2c1cc1n(c2=O)Cc2c-1nc1cccc3c1c2N(CCc1ccc(F)cc1)C=N3. The zero-order valence-corrected chi connectivity index (χ0v) is 20.6. The van der Waals surface area contributed by atoms with E-state index in [1.165, 1.54) is 12.1 Å². The largest absolute Gasteiger partial charge is 0.458 e. The van der Waals surface area contributed by atoms with Crippen LogP contribution in [0.2, 0.25) is 0 Å². The van der Waals surface area contributed by atoms with Crippen molar-refractivity contribution in [1.82, 2.24) is 9.55 Å². The molecule has 1 atom stereocenters. The topological polar surface area (TPSA) is 97.0 Å². The number of benzene rings is 2. The Morgan fingerprint density at radius 3 is 2.74 bits per heavy atom. The summed E-state index contributed by atoms with van der Waals surface area (Å²) in [5.74, 6) is -1.02. The van der Waals surface area contributed by atoms with E-state index in [9.17, 15) is 19.1 Å². The summed E-state index contributed by atoms with van der Waals surface area (Å²) in [4.78, 5) is 37.8. The highest BCUT2D eigenvalue weighted by Crippen LogP contribution is 2.46. The molecule has 0 unspecified atom stereocenters. The molecule has 9 heteroatoms. The normalized spacial score (nSPS) is 18.8. The quantitative estimate of drug-likeness (QED) is 0.368. The molecule has 4 aromatic rings. The zero-order valence-electron chi connectivity index (χ0n) is 20.6. The Labute approximate surface area is 216 Å². The number of nitrogens with zero attached hydrogens (tertiary/aromatic N) is 4. The molecule has 5 heterocycles. The highest BCUT2D eigenvalue weighted by Gasteiger charge is 2.45. The first-order chi connectivity index (χ1) is 18.4. The van der Waals surface area contributed by atoms with Gasteiger partial charge in [0, 0.05) is 17.7 Å². The van der Waals surface area contributed by atoms with Crippen LogP contribution < -0.4 is 10.5 Å². The minimum Gasteiger partial charge on any atom is -0.458 e. The van der Waals surface area contributed by atoms with Crippen LogP contribution in [0.15, 0.2) is 58.3 Å². The lowest BCUT2D eigenvalue weighted by Crippen LogP contribution is -2.44.